The molecule has 0 saturated carbocycles. The van der Waals surface area contributed by atoms with Gasteiger partial charge in [-0.3, -0.25) is 0 Å². The van der Waals surface area contributed by atoms with Gasteiger partial charge in [0.25, 0.3) is 0 Å². The fraction of sp³-hybridized carbons (Fsp3) is 0. The molecule has 0 N–H and O–H groups in total. The minimum absolute atomic E-state index is 0.0509. The molecule has 0 aliphatic rings. The van der Waals surface area contributed by atoms with Crippen LogP contribution in [0.3, 0.4) is 0 Å². The quantitative estimate of drug-likeness (QED) is 0.168. The molecule has 6 heteroatoms. The van der Waals surface area contributed by atoms with E-state index < -0.39 is 30.2 Å². The minimum Gasteiger partial charge on any atom is -0.455 e. The molecule has 9 aromatic carbocycles. The Kier molecular flexibility index (Phi) is 6.94. The number of fused-ring (bicyclic) bond motifs is 9. The fourth-order valence-corrected chi connectivity index (χ4v) is 10.3. The first-order valence-electron chi connectivity index (χ1n) is 23.2. The molecular formula is C57H34N4OS. The number of furan rings is 1. The Balaban J connectivity index is 1.14. The van der Waals surface area contributed by atoms with E-state index >= 15 is 0 Å². The molecule has 0 spiro atoms. The minimum atomic E-state index is -0.499. The Hall–Kier alpha value is -8.19. The lowest BCUT2D eigenvalue weighted by atomic mass is 9.97. The topological polar surface area (TPSA) is 56.7 Å². The van der Waals surface area contributed by atoms with Gasteiger partial charge < -0.3 is 8.98 Å². The van der Waals surface area contributed by atoms with Crippen LogP contribution >= 0.6 is 11.3 Å². The first-order chi connectivity index (χ1) is 33.3. The third kappa shape index (κ3) is 5.73. The van der Waals surface area contributed by atoms with Gasteiger partial charge in [-0.05, 0) is 59.2 Å². The van der Waals surface area contributed by atoms with Crippen LogP contribution in [0.4, 0.5) is 0 Å². The smallest absolute Gasteiger partial charge is 0.167 e. The molecule has 13 aromatic rings. The van der Waals surface area contributed by atoms with E-state index in [1.165, 1.54) is 0 Å². The van der Waals surface area contributed by atoms with Crippen molar-refractivity contribution < 1.29 is 11.3 Å². The summed E-state index contributed by atoms with van der Waals surface area (Å²) in [6.45, 7) is 0. The van der Waals surface area contributed by atoms with Crippen molar-refractivity contribution in [2.45, 2.75) is 0 Å². The monoisotopic (exact) mass is 827 g/mol. The van der Waals surface area contributed by atoms with Crippen LogP contribution in [0.2, 0.25) is 0 Å². The highest BCUT2D eigenvalue weighted by Crippen LogP contribution is 2.44. The summed E-state index contributed by atoms with van der Waals surface area (Å²) in [5.41, 5.74) is 9.30. The molecule has 294 valence electrons. The number of hydrogen-bond donors (Lipinski definition) is 0. The summed E-state index contributed by atoms with van der Waals surface area (Å²) >= 11 is 1.63. The van der Waals surface area contributed by atoms with Crippen molar-refractivity contribution in [3.8, 4) is 62.1 Å². The van der Waals surface area contributed by atoms with Gasteiger partial charge in [-0.1, -0.05) is 164 Å². The van der Waals surface area contributed by atoms with Crippen molar-refractivity contribution in [3.63, 3.8) is 0 Å². The number of para-hydroxylation sites is 3. The van der Waals surface area contributed by atoms with Gasteiger partial charge in [0.15, 0.2) is 17.5 Å². The standard InChI is InChI=1S/C57H34N4OS/c1-3-16-35(17-4-1)37-20-13-21-38(32-37)40-25-14-26-44-47-33-39(61-49-29-10-7-22-41(49)42-23-8-11-30-50(42)61)34-48(53(47)62-52(40)44)57-59-55(36-18-5-2-6-19-36)58-56(60-57)46-28-15-27-45-43-24-9-12-31-51(43)63-54(45)46/h1-34H/i2D,5D,6D,18D,19D. The lowest BCUT2D eigenvalue weighted by Gasteiger charge is -2.13. The van der Waals surface area contributed by atoms with E-state index in [1.807, 2.05) is 60.7 Å². The molecule has 5 nitrogen and oxygen atoms in total. The van der Waals surface area contributed by atoms with Crippen molar-refractivity contribution in [1.82, 2.24) is 19.5 Å². The Labute approximate surface area is 372 Å². The van der Waals surface area contributed by atoms with Crippen LogP contribution in [-0.2, 0) is 0 Å². The van der Waals surface area contributed by atoms with Crippen LogP contribution in [0.1, 0.15) is 6.85 Å². The zero-order chi connectivity index (χ0) is 45.8. The van der Waals surface area contributed by atoms with Crippen LogP contribution in [0.15, 0.2) is 211 Å². The van der Waals surface area contributed by atoms with Gasteiger partial charge in [-0.25, -0.2) is 15.0 Å². The van der Waals surface area contributed by atoms with Crippen LogP contribution < -0.4 is 0 Å². The molecule has 63 heavy (non-hydrogen) atoms. The molecule has 4 aromatic heterocycles. The maximum Gasteiger partial charge on any atom is 0.167 e. The Morgan fingerprint density at radius 3 is 1.79 bits per heavy atom. The molecule has 0 atom stereocenters. The average molecular weight is 828 g/mol. The molecule has 0 saturated heterocycles. The molecule has 0 bridgehead atoms. The SMILES string of the molecule is [2H]c1c([2H])c([2H])c(-c2nc(-c3cc(-n4c5ccccc5c5ccccc54)cc4c3oc3c(-c5cccc(-c6ccccc6)c5)cccc34)nc(-c3cccc4c3sc3ccccc34)n2)c([2H])c1[2H]. The lowest BCUT2D eigenvalue weighted by Crippen LogP contribution is -2.01. The number of nitrogens with zero attached hydrogens (tertiary/aromatic N) is 4. The fourth-order valence-electron chi connectivity index (χ4n) is 9.12. The maximum atomic E-state index is 9.10. The highest BCUT2D eigenvalue weighted by molar-refractivity contribution is 7.26. The van der Waals surface area contributed by atoms with E-state index in [0.717, 1.165) is 86.3 Å². The van der Waals surface area contributed by atoms with Crippen molar-refractivity contribution >= 4 is 75.3 Å². The van der Waals surface area contributed by atoms with Gasteiger partial charge >= 0.3 is 0 Å². The number of aromatic nitrogens is 4. The lowest BCUT2D eigenvalue weighted by molar-refractivity contribution is 0.670. The highest BCUT2D eigenvalue weighted by atomic mass is 32.1. The van der Waals surface area contributed by atoms with Gasteiger partial charge in [0, 0.05) is 64.1 Å². The summed E-state index contributed by atoms with van der Waals surface area (Å²) < 4.78 is 55.4. The maximum absolute atomic E-state index is 9.10. The highest BCUT2D eigenvalue weighted by Gasteiger charge is 2.24. The molecule has 13 rings (SSSR count). The van der Waals surface area contributed by atoms with Crippen molar-refractivity contribution in [2.75, 3.05) is 0 Å². The Morgan fingerprint density at radius 2 is 1.00 bits per heavy atom. The summed E-state index contributed by atoms with van der Waals surface area (Å²) in [6, 6.07) is 57.8. The number of hydrogen-bond acceptors (Lipinski definition) is 5. The third-order valence-electron chi connectivity index (χ3n) is 11.9. The van der Waals surface area contributed by atoms with E-state index in [4.69, 9.17) is 26.2 Å². The van der Waals surface area contributed by atoms with Crippen LogP contribution in [-0.4, -0.2) is 19.5 Å². The number of rotatable bonds is 6. The summed E-state index contributed by atoms with van der Waals surface area (Å²) in [4.78, 5) is 15.4. The molecule has 4 heterocycles. The normalized spacial score (nSPS) is 12.9. The van der Waals surface area contributed by atoms with Gasteiger partial charge in [0.2, 0.25) is 0 Å². The number of benzene rings is 9. The molecule has 0 unspecified atom stereocenters. The van der Waals surface area contributed by atoms with Crippen molar-refractivity contribution in [2.24, 2.45) is 0 Å². The molecular weight excluding hydrogens is 789 g/mol. The molecule has 0 radical (unpaired) electrons. The first kappa shape index (κ1) is 30.8. The van der Waals surface area contributed by atoms with Crippen LogP contribution in [0.25, 0.3) is 126 Å². The van der Waals surface area contributed by atoms with Gasteiger partial charge in [-0.15, -0.1) is 11.3 Å². The predicted octanol–water partition coefficient (Wildman–Crippen LogP) is 15.6. The second-order valence-corrected chi connectivity index (χ2v) is 16.6. The van der Waals surface area contributed by atoms with Crippen molar-refractivity contribution in [3.05, 3.63) is 206 Å². The molecule has 0 fully saturated rings. The molecule has 0 aliphatic heterocycles. The van der Waals surface area contributed by atoms with E-state index in [9.17, 15) is 0 Å². The Morgan fingerprint density at radius 1 is 0.413 bits per heavy atom. The van der Waals surface area contributed by atoms with E-state index in [0.29, 0.717) is 22.6 Å². The third-order valence-corrected chi connectivity index (χ3v) is 13.2. The van der Waals surface area contributed by atoms with Gasteiger partial charge in [0.05, 0.1) is 23.5 Å². The largest absolute Gasteiger partial charge is 0.455 e. The van der Waals surface area contributed by atoms with Crippen molar-refractivity contribution in [1.29, 1.82) is 0 Å². The van der Waals surface area contributed by atoms with Gasteiger partial charge in [-0.2, -0.15) is 0 Å². The van der Waals surface area contributed by atoms with E-state index in [-0.39, 0.29) is 17.2 Å². The second kappa shape index (κ2) is 14.2. The first-order valence-corrected chi connectivity index (χ1v) is 21.5. The van der Waals surface area contributed by atoms with Gasteiger partial charge in [0.1, 0.15) is 11.2 Å². The summed E-state index contributed by atoms with van der Waals surface area (Å²) in [5.74, 6) is 0.457. The van der Waals surface area contributed by atoms with Crippen LogP contribution in [0.5, 0.6) is 0 Å². The summed E-state index contributed by atoms with van der Waals surface area (Å²) in [6.07, 6.45) is 0. The predicted molar refractivity (Wildman–Crippen MR) is 262 cm³/mol. The molecule has 0 aliphatic carbocycles. The summed E-state index contributed by atoms with van der Waals surface area (Å²) in [7, 11) is 0. The zero-order valence-electron chi connectivity index (χ0n) is 38.3. The Bertz CT molecular complexity index is 4150. The summed E-state index contributed by atoms with van der Waals surface area (Å²) in [5, 5.41) is 6.05. The number of thiophene rings is 1. The van der Waals surface area contributed by atoms with E-state index in [2.05, 4.69) is 120 Å². The average Bonchev–Trinajstić information content (AvgIpc) is 4.07. The second-order valence-electron chi connectivity index (χ2n) is 15.6. The van der Waals surface area contributed by atoms with E-state index in [1.54, 1.807) is 11.3 Å². The van der Waals surface area contributed by atoms with Crippen LogP contribution in [0, 0.1) is 0 Å². The molecule has 0 amide bonds. The zero-order valence-corrected chi connectivity index (χ0v) is 34.2.